The molecular weight excluding hydrogens is 393 g/mol. The summed E-state index contributed by atoms with van der Waals surface area (Å²) in [6.07, 6.45) is 0. The normalized spacial score (nSPS) is 12.8. The van der Waals surface area contributed by atoms with E-state index in [0.29, 0.717) is 39.7 Å². The second kappa shape index (κ2) is 7.74. The van der Waals surface area contributed by atoms with Gasteiger partial charge in [-0.3, -0.25) is 4.79 Å². The quantitative estimate of drug-likeness (QED) is 0.565. The third-order valence-electron chi connectivity index (χ3n) is 3.17. The maximum Gasteiger partial charge on any atom is 0.234 e. The molecule has 2 aromatic rings. The molecule has 126 valence electrons. The number of carbonyl (C=O) groups is 1. The van der Waals surface area contributed by atoms with Crippen molar-refractivity contribution in [3.05, 3.63) is 45.4 Å². The lowest BCUT2D eigenvalue weighted by Gasteiger charge is -2.18. The number of nitrogens with one attached hydrogen (secondary N) is 1. The summed E-state index contributed by atoms with van der Waals surface area (Å²) in [6, 6.07) is 8.61. The van der Waals surface area contributed by atoms with E-state index >= 15 is 0 Å². The molecule has 1 aliphatic rings. The van der Waals surface area contributed by atoms with Crippen LogP contribution in [0.4, 0.5) is 5.69 Å². The highest BCUT2D eigenvalue weighted by Gasteiger charge is 2.13. The van der Waals surface area contributed by atoms with Crippen LogP contribution in [-0.4, -0.2) is 24.9 Å². The predicted molar refractivity (Wildman–Crippen MR) is 98.3 cm³/mol. The molecule has 0 unspecified atom stereocenters. The lowest BCUT2D eigenvalue weighted by atomic mass is 10.3. The molecule has 0 aromatic heterocycles. The molecule has 0 aliphatic carbocycles. The molecule has 0 saturated carbocycles. The molecule has 1 amide bonds. The zero-order valence-electron chi connectivity index (χ0n) is 12.3. The first-order valence-electron chi connectivity index (χ1n) is 7.00. The SMILES string of the molecule is O=C(CSc1ccc2c(c1)OCCO2)Nc1cc(Cl)c(Cl)cc1Cl. The molecule has 2 aromatic carbocycles. The highest BCUT2D eigenvalue weighted by Crippen LogP contribution is 2.35. The number of ether oxygens (including phenoxy) is 2. The molecule has 24 heavy (non-hydrogen) atoms. The molecule has 1 heterocycles. The summed E-state index contributed by atoms with van der Waals surface area (Å²) in [4.78, 5) is 13.0. The monoisotopic (exact) mass is 403 g/mol. The third kappa shape index (κ3) is 4.22. The number of halogens is 3. The van der Waals surface area contributed by atoms with Crippen molar-refractivity contribution in [1.29, 1.82) is 0 Å². The Hall–Kier alpha value is -1.27. The van der Waals surface area contributed by atoms with Gasteiger partial charge in [0.25, 0.3) is 0 Å². The van der Waals surface area contributed by atoms with E-state index in [4.69, 9.17) is 44.3 Å². The van der Waals surface area contributed by atoms with Gasteiger partial charge in [-0.05, 0) is 30.3 Å². The first-order valence-corrected chi connectivity index (χ1v) is 9.12. The minimum Gasteiger partial charge on any atom is -0.486 e. The number of fused-ring (bicyclic) bond motifs is 1. The Kier molecular flexibility index (Phi) is 5.66. The molecule has 0 bridgehead atoms. The van der Waals surface area contributed by atoms with Gasteiger partial charge in [0.2, 0.25) is 5.91 Å². The van der Waals surface area contributed by atoms with Crippen molar-refractivity contribution in [1.82, 2.24) is 0 Å². The topological polar surface area (TPSA) is 47.6 Å². The third-order valence-corrected chi connectivity index (χ3v) is 5.20. The van der Waals surface area contributed by atoms with E-state index in [1.54, 1.807) is 0 Å². The van der Waals surface area contributed by atoms with E-state index in [2.05, 4.69) is 5.32 Å². The number of rotatable bonds is 4. The van der Waals surface area contributed by atoms with Crippen molar-refractivity contribution in [2.75, 3.05) is 24.3 Å². The van der Waals surface area contributed by atoms with Gasteiger partial charge in [-0.25, -0.2) is 0 Å². The Morgan fingerprint density at radius 1 is 1.00 bits per heavy atom. The average Bonchev–Trinajstić information content (AvgIpc) is 2.57. The summed E-state index contributed by atoms with van der Waals surface area (Å²) < 4.78 is 11.0. The van der Waals surface area contributed by atoms with E-state index in [1.807, 2.05) is 18.2 Å². The predicted octanol–water partition coefficient (Wildman–Crippen LogP) is 5.15. The van der Waals surface area contributed by atoms with Crippen LogP contribution < -0.4 is 14.8 Å². The largest absolute Gasteiger partial charge is 0.486 e. The Morgan fingerprint density at radius 2 is 1.71 bits per heavy atom. The van der Waals surface area contributed by atoms with Gasteiger partial charge in [-0.15, -0.1) is 11.8 Å². The van der Waals surface area contributed by atoms with Crippen molar-refractivity contribution in [2.45, 2.75) is 4.90 Å². The van der Waals surface area contributed by atoms with Gasteiger partial charge >= 0.3 is 0 Å². The molecule has 0 saturated heterocycles. The highest BCUT2D eigenvalue weighted by atomic mass is 35.5. The number of amides is 1. The van der Waals surface area contributed by atoms with Gasteiger partial charge < -0.3 is 14.8 Å². The standard InChI is InChI=1S/C16H12Cl3NO3S/c17-10-6-12(19)13(7-11(10)18)20-16(21)8-24-9-1-2-14-15(5-9)23-4-3-22-14/h1-2,5-7H,3-4,8H2,(H,20,21). The molecule has 3 rings (SSSR count). The Morgan fingerprint density at radius 3 is 2.50 bits per heavy atom. The summed E-state index contributed by atoms with van der Waals surface area (Å²) in [6.45, 7) is 1.07. The summed E-state index contributed by atoms with van der Waals surface area (Å²) in [5.74, 6) is 1.43. The van der Waals surface area contributed by atoms with Gasteiger partial charge in [0.1, 0.15) is 13.2 Å². The first kappa shape index (κ1) is 17.5. The van der Waals surface area contributed by atoms with Crippen molar-refractivity contribution >= 4 is 58.2 Å². The molecular formula is C16H12Cl3NO3S. The Balaban J connectivity index is 1.61. The number of thioether (sulfide) groups is 1. The van der Waals surface area contributed by atoms with E-state index in [1.165, 1.54) is 23.9 Å². The van der Waals surface area contributed by atoms with Crippen LogP contribution in [-0.2, 0) is 4.79 Å². The van der Waals surface area contributed by atoms with Crippen molar-refractivity contribution in [2.24, 2.45) is 0 Å². The molecule has 4 nitrogen and oxygen atoms in total. The van der Waals surface area contributed by atoms with Gasteiger partial charge in [0.15, 0.2) is 11.5 Å². The average molecular weight is 405 g/mol. The fraction of sp³-hybridized carbons (Fsp3) is 0.188. The van der Waals surface area contributed by atoms with Crippen LogP contribution in [0, 0.1) is 0 Å². The second-order valence-corrected chi connectivity index (χ2v) is 7.16. The van der Waals surface area contributed by atoms with Crippen LogP contribution >= 0.6 is 46.6 Å². The number of benzene rings is 2. The second-order valence-electron chi connectivity index (χ2n) is 4.89. The number of hydrogen-bond acceptors (Lipinski definition) is 4. The van der Waals surface area contributed by atoms with Gasteiger partial charge in [0.05, 0.1) is 26.5 Å². The van der Waals surface area contributed by atoms with Gasteiger partial charge in [-0.1, -0.05) is 34.8 Å². The molecule has 0 radical (unpaired) electrons. The minimum atomic E-state index is -0.199. The summed E-state index contributed by atoms with van der Waals surface area (Å²) in [5, 5.41) is 3.72. The zero-order valence-corrected chi connectivity index (χ0v) is 15.4. The maximum absolute atomic E-state index is 12.1. The van der Waals surface area contributed by atoms with Crippen LogP contribution in [0.2, 0.25) is 15.1 Å². The smallest absolute Gasteiger partial charge is 0.234 e. The summed E-state index contributed by atoms with van der Waals surface area (Å²) in [7, 11) is 0. The lowest BCUT2D eigenvalue weighted by molar-refractivity contribution is -0.113. The van der Waals surface area contributed by atoms with Crippen LogP contribution in [0.15, 0.2) is 35.2 Å². The summed E-state index contributed by atoms with van der Waals surface area (Å²) in [5.41, 5.74) is 0.429. The van der Waals surface area contributed by atoms with Crippen LogP contribution in [0.5, 0.6) is 11.5 Å². The zero-order chi connectivity index (χ0) is 17.1. The molecule has 1 aliphatic heterocycles. The van der Waals surface area contributed by atoms with Crippen LogP contribution in [0.25, 0.3) is 0 Å². The molecule has 1 N–H and O–H groups in total. The molecule has 8 heteroatoms. The van der Waals surface area contributed by atoms with Crippen molar-refractivity contribution in [3.8, 4) is 11.5 Å². The fourth-order valence-corrected chi connectivity index (χ4v) is 3.39. The number of carbonyl (C=O) groups excluding carboxylic acids is 1. The Bertz CT molecular complexity index is 785. The van der Waals surface area contributed by atoms with Crippen LogP contribution in [0.1, 0.15) is 0 Å². The molecule has 0 atom stereocenters. The van der Waals surface area contributed by atoms with Crippen molar-refractivity contribution in [3.63, 3.8) is 0 Å². The lowest BCUT2D eigenvalue weighted by Crippen LogP contribution is -2.15. The molecule has 0 spiro atoms. The van der Waals surface area contributed by atoms with E-state index in [0.717, 1.165) is 10.6 Å². The number of hydrogen-bond donors (Lipinski definition) is 1. The summed E-state index contributed by atoms with van der Waals surface area (Å²) >= 11 is 19.2. The van der Waals surface area contributed by atoms with Crippen LogP contribution in [0.3, 0.4) is 0 Å². The molecule has 0 fully saturated rings. The van der Waals surface area contributed by atoms with Gasteiger partial charge in [-0.2, -0.15) is 0 Å². The maximum atomic E-state index is 12.1. The van der Waals surface area contributed by atoms with Gasteiger partial charge in [0, 0.05) is 4.90 Å². The van der Waals surface area contributed by atoms with E-state index < -0.39 is 0 Å². The van der Waals surface area contributed by atoms with E-state index in [9.17, 15) is 4.79 Å². The highest BCUT2D eigenvalue weighted by molar-refractivity contribution is 8.00. The van der Waals surface area contributed by atoms with Crippen molar-refractivity contribution < 1.29 is 14.3 Å². The Labute approximate surface area is 158 Å². The fourth-order valence-electron chi connectivity index (χ4n) is 2.07. The van der Waals surface area contributed by atoms with E-state index in [-0.39, 0.29) is 11.7 Å². The first-order chi connectivity index (χ1) is 11.5. The number of anilines is 1. The minimum absolute atomic E-state index is 0.199.